The number of nitrogens with zero attached hydrogens (tertiary/aromatic N) is 3. The van der Waals surface area contributed by atoms with Gasteiger partial charge < -0.3 is 29.4 Å². The van der Waals surface area contributed by atoms with E-state index in [-0.39, 0.29) is 40.7 Å². The normalized spacial score (nSPS) is 25.0. The van der Waals surface area contributed by atoms with Gasteiger partial charge in [-0.05, 0) is 32.6 Å². The first-order chi connectivity index (χ1) is 19.4. The van der Waals surface area contributed by atoms with E-state index in [1.807, 2.05) is 0 Å². The largest absolute Gasteiger partial charge is 0.462 e. The number of nitrogen functional groups attached to an aromatic ring is 1. The third-order valence-corrected chi connectivity index (χ3v) is 10.1. The molecule has 3 rings (SSSR count). The van der Waals surface area contributed by atoms with Crippen molar-refractivity contribution in [3.63, 3.8) is 0 Å². The number of carbonyl (C=O) groups excluding carboxylic acids is 2. The van der Waals surface area contributed by atoms with Crippen molar-refractivity contribution in [3.05, 3.63) is 16.7 Å². The average Bonchev–Trinajstić information content (AvgIpc) is 3.37. The third-order valence-electron chi connectivity index (χ3n) is 5.74. The lowest BCUT2D eigenvalue weighted by Gasteiger charge is -2.28. The summed E-state index contributed by atoms with van der Waals surface area (Å²) in [5.41, 5.74) is 4.13. The lowest BCUT2D eigenvalue weighted by atomic mass is 10.00. The number of hydrogen-bond donors (Lipinski definition) is 4. The highest BCUT2D eigenvalue weighted by atomic mass is 35.5. The third kappa shape index (κ3) is 8.27. The molecule has 5 N–H and O–H groups in total. The van der Waals surface area contributed by atoms with Crippen LogP contribution in [0, 0.1) is 5.41 Å². The highest BCUT2D eigenvalue weighted by Gasteiger charge is 2.58. The Morgan fingerprint density at radius 3 is 2.69 bits per heavy atom. The van der Waals surface area contributed by atoms with Gasteiger partial charge in [-0.2, -0.15) is 4.98 Å². The molecule has 1 fully saturated rings. The smallest absolute Gasteiger partial charge is 0.323 e. The first kappa shape index (κ1) is 34.8. The fourth-order valence-corrected chi connectivity index (χ4v) is 7.20. The minimum Gasteiger partial charge on any atom is -0.462 e. The van der Waals surface area contributed by atoms with Crippen molar-refractivity contribution in [3.8, 4) is 0 Å². The molecule has 1 saturated heterocycles. The number of nitrogens with one attached hydrogen (secondary N) is 2. The van der Waals surface area contributed by atoms with E-state index in [1.54, 1.807) is 34.6 Å². The van der Waals surface area contributed by atoms with E-state index in [1.165, 1.54) is 6.92 Å². The van der Waals surface area contributed by atoms with Crippen molar-refractivity contribution in [2.45, 2.75) is 77.3 Å². The minimum atomic E-state index is -3.52. The molecular weight excluding hydrogens is 638 g/mol. The number of carbonyl (C=O) groups is 2. The first-order valence-electron chi connectivity index (χ1n) is 12.8. The van der Waals surface area contributed by atoms with Gasteiger partial charge in [0.15, 0.2) is 22.5 Å². The second kappa shape index (κ2) is 13.5. The van der Waals surface area contributed by atoms with Gasteiger partial charge in [0.1, 0.15) is 18.2 Å². The Morgan fingerprint density at radius 1 is 1.40 bits per heavy atom. The molecule has 3 heterocycles. The fourth-order valence-electron chi connectivity index (χ4n) is 3.64. The second-order valence-electron chi connectivity index (χ2n) is 10.8. The number of aromatic nitrogens is 4. The topological polar surface area (TPSA) is 193 Å². The maximum Gasteiger partial charge on any atom is 0.323 e. The molecule has 14 nitrogen and oxygen atoms in total. The Morgan fingerprint density at radius 2 is 2.07 bits per heavy atom. The molecule has 0 unspecified atom stereocenters. The number of alkyl halides is 2. The maximum absolute atomic E-state index is 15.7. The standard InChI is InChI=1S/C23H35ClFN6O8PS2/c1-11(2)38-18(34)12(3)30-40(41,36-7-8-42-20(35)22(4,5)6)37-9-13-15(32)23(24,25)19(39-13)31-10-27-14-16(31)28-21(26)29-17(14)33/h10-13,15,19,32H,7-9H2,1-6H3,(H,30,41)(H3,26,28,29,33)/t12-,13+,15+,19+,23+,40-/m0/s1. The number of thioether (sulfide) groups is 1. The number of halogens is 2. The minimum absolute atomic E-state index is 0.0232. The SMILES string of the molecule is CC(C)OC(=O)[C@H](C)N[P@](=S)(OCCSC(=O)C(C)(C)C)OC[C@H]1O[C@@H](n2cnc3c(=O)[nH]c(N)nc32)[C@@](F)(Cl)[C@@H]1O. The zero-order valence-corrected chi connectivity index (χ0v) is 27.1. The molecule has 236 valence electrons. The number of hydrogen-bond acceptors (Lipinski definition) is 13. The van der Waals surface area contributed by atoms with Crippen LogP contribution >= 0.6 is 30.0 Å². The van der Waals surface area contributed by atoms with E-state index < -0.39 is 59.8 Å². The predicted octanol–water partition coefficient (Wildman–Crippen LogP) is 2.36. The second-order valence-corrected chi connectivity index (χ2v) is 15.6. The highest BCUT2D eigenvalue weighted by Crippen LogP contribution is 2.49. The highest BCUT2D eigenvalue weighted by molar-refractivity contribution is 8.13. The lowest BCUT2D eigenvalue weighted by Crippen LogP contribution is -2.39. The molecule has 0 saturated carbocycles. The van der Waals surface area contributed by atoms with E-state index >= 15 is 4.39 Å². The summed E-state index contributed by atoms with van der Waals surface area (Å²) in [6.45, 7) is 6.19. The van der Waals surface area contributed by atoms with Gasteiger partial charge in [-0.15, -0.1) is 0 Å². The lowest BCUT2D eigenvalue weighted by molar-refractivity contribution is -0.149. The van der Waals surface area contributed by atoms with Crippen LogP contribution in [-0.2, 0) is 39.9 Å². The Labute approximate surface area is 255 Å². The van der Waals surface area contributed by atoms with Crippen molar-refractivity contribution in [2.24, 2.45) is 5.41 Å². The molecule has 42 heavy (non-hydrogen) atoms. The summed E-state index contributed by atoms with van der Waals surface area (Å²) >= 11 is 12.8. The number of anilines is 1. The maximum atomic E-state index is 15.7. The summed E-state index contributed by atoms with van der Waals surface area (Å²) in [5, 5.41) is 10.6. The zero-order chi connectivity index (χ0) is 31.6. The number of rotatable bonds is 12. The monoisotopic (exact) mass is 672 g/mol. The van der Waals surface area contributed by atoms with Gasteiger partial charge in [-0.25, -0.2) is 14.5 Å². The molecule has 0 spiro atoms. The number of H-pyrrole nitrogens is 1. The molecule has 2 aromatic heterocycles. The molecule has 0 aromatic carbocycles. The van der Waals surface area contributed by atoms with E-state index in [4.69, 9.17) is 47.7 Å². The first-order valence-corrected chi connectivity index (χ1v) is 16.8. The van der Waals surface area contributed by atoms with Gasteiger partial charge >= 0.3 is 5.97 Å². The van der Waals surface area contributed by atoms with E-state index in [0.717, 1.165) is 22.7 Å². The van der Waals surface area contributed by atoms with Crippen LogP contribution < -0.4 is 16.4 Å². The summed E-state index contributed by atoms with van der Waals surface area (Å²) < 4.78 is 39.3. The predicted molar refractivity (Wildman–Crippen MR) is 159 cm³/mol. The van der Waals surface area contributed by atoms with Gasteiger partial charge in [0, 0.05) is 11.2 Å². The Kier molecular flexibility index (Phi) is 11.2. The van der Waals surface area contributed by atoms with Crippen LogP contribution in [0.2, 0.25) is 0 Å². The van der Waals surface area contributed by atoms with Crippen LogP contribution in [0.25, 0.3) is 11.2 Å². The van der Waals surface area contributed by atoms with E-state index in [0.29, 0.717) is 0 Å². The Bertz CT molecular complexity index is 1400. The molecule has 1 aliphatic rings. The summed E-state index contributed by atoms with van der Waals surface area (Å²) in [6.07, 6.45) is -4.31. The molecule has 2 aromatic rings. The number of nitrogens with two attached hydrogens (primary N) is 1. The zero-order valence-electron chi connectivity index (χ0n) is 23.8. The van der Waals surface area contributed by atoms with Crippen molar-refractivity contribution in [2.75, 3.05) is 24.7 Å². The Hall–Kier alpha value is -1.69. The summed E-state index contributed by atoms with van der Waals surface area (Å²) in [4.78, 5) is 47.0. The van der Waals surface area contributed by atoms with Crippen LogP contribution in [0.5, 0.6) is 0 Å². The molecule has 0 aliphatic carbocycles. The number of esters is 1. The van der Waals surface area contributed by atoms with Gasteiger partial charge in [0.2, 0.25) is 5.95 Å². The summed E-state index contributed by atoms with van der Waals surface area (Å²) in [6, 6.07) is -0.954. The Balaban J connectivity index is 1.77. The molecule has 0 bridgehead atoms. The van der Waals surface area contributed by atoms with Crippen molar-refractivity contribution in [1.29, 1.82) is 0 Å². The van der Waals surface area contributed by atoms with Crippen molar-refractivity contribution in [1.82, 2.24) is 24.6 Å². The fraction of sp³-hybridized carbons (Fsp3) is 0.696. The molecule has 6 atom stereocenters. The molecule has 19 heteroatoms. The van der Waals surface area contributed by atoms with Gasteiger partial charge in [0.25, 0.3) is 17.3 Å². The van der Waals surface area contributed by atoms with Crippen LogP contribution in [0.3, 0.4) is 0 Å². The van der Waals surface area contributed by atoms with Crippen LogP contribution in [-0.4, -0.2) is 84.2 Å². The molecular formula is C23H35ClFN6O8PS2. The van der Waals surface area contributed by atoms with Gasteiger partial charge in [-0.1, -0.05) is 44.1 Å². The van der Waals surface area contributed by atoms with E-state index in [9.17, 15) is 19.5 Å². The van der Waals surface area contributed by atoms with Gasteiger partial charge in [-0.3, -0.25) is 23.9 Å². The van der Waals surface area contributed by atoms with Crippen molar-refractivity contribution >= 4 is 70.0 Å². The number of aliphatic hydroxyl groups is 1. The van der Waals surface area contributed by atoms with Crippen LogP contribution in [0.1, 0.15) is 47.8 Å². The molecule has 0 radical (unpaired) electrons. The quantitative estimate of drug-likeness (QED) is 0.111. The van der Waals surface area contributed by atoms with Gasteiger partial charge in [0.05, 0.1) is 25.6 Å². The summed E-state index contributed by atoms with van der Waals surface area (Å²) in [7, 11) is 0. The number of fused-ring (bicyclic) bond motifs is 1. The number of ether oxygens (including phenoxy) is 2. The van der Waals surface area contributed by atoms with E-state index in [2.05, 4.69) is 20.0 Å². The summed E-state index contributed by atoms with van der Waals surface area (Å²) in [5.74, 6) is -0.617. The van der Waals surface area contributed by atoms with Crippen LogP contribution in [0.4, 0.5) is 10.3 Å². The average molecular weight is 673 g/mol. The number of aromatic amines is 1. The van der Waals surface area contributed by atoms with Crippen molar-refractivity contribution < 1.29 is 37.6 Å². The number of imidazole rings is 1. The number of aliphatic hydroxyl groups excluding tert-OH is 1. The van der Waals surface area contributed by atoms with Crippen LogP contribution in [0.15, 0.2) is 11.1 Å². The molecule has 1 aliphatic heterocycles. The molecule has 0 amide bonds.